The first-order valence-corrected chi connectivity index (χ1v) is 24.4. The van der Waals surface area contributed by atoms with Gasteiger partial charge in [0.15, 0.2) is 6.29 Å². The van der Waals surface area contributed by atoms with E-state index in [4.69, 9.17) is 9.47 Å². The zero-order chi connectivity index (χ0) is 43.0. The van der Waals surface area contributed by atoms with Crippen molar-refractivity contribution in [3.8, 4) is 0 Å². The third kappa shape index (κ3) is 30.8. The number of amides is 1. The van der Waals surface area contributed by atoms with E-state index in [0.717, 1.165) is 44.9 Å². The SMILES string of the molecule is CCCCC/C=C\C=C/CCCCCCCCCCCCC(=O)NC(COC1OC(CO)C(O)C(O)C1O)C(O)/C=C/CC/C=C/CCCCCCCCCCCCC. The van der Waals surface area contributed by atoms with Crippen molar-refractivity contribution >= 4 is 5.91 Å². The first-order chi connectivity index (χ1) is 28.8. The molecule has 0 aromatic heterocycles. The van der Waals surface area contributed by atoms with Crippen molar-refractivity contribution in [1.29, 1.82) is 0 Å². The van der Waals surface area contributed by atoms with E-state index >= 15 is 0 Å². The number of carbonyl (C=O) groups excluding carboxylic acids is 1. The molecule has 0 aromatic carbocycles. The minimum atomic E-state index is -1.57. The molecule has 1 amide bonds. The van der Waals surface area contributed by atoms with Gasteiger partial charge in [0.2, 0.25) is 5.91 Å². The Hall–Kier alpha value is -1.85. The van der Waals surface area contributed by atoms with Gasteiger partial charge in [0.05, 0.1) is 25.4 Å². The molecule has 0 saturated carbocycles. The highest BCUT2D eigenvalue weighted by atomic mass is 16.7. The lowest BCUT2D eigenvalue weighted by molar-refractivity contribution is -0.302. The highest BCUT2D eigenvalue weighted by Gasteiger charge is 2.44. The van der Waals surface area contributed by atoms with Gasteiger partial charge in [-0.2, -0.15) is 0 Å². The predicted molar refractivity (Wildman–Crippen MR) is 244 cm³/mol. The molecule has 344 valence electrons. The van der Waals surface area contributed by atoms with Crippen molar-refractivity contribution in [3.63, 3.8) is 0 Å². The largest absolute Gasteiger partial charge is 0.394 e. The monoisotopic (exact) mass is 834 g/mol. The van der Waals surface area contributed by atoms with Crippen LogP contribution in [0, 0.1) is 0 Å². The Morgan fingerprint density at radius 3 is 1.56 bits per heavy atom. The molecule has 0 spiro atoms. The second-order valence-electron chi connectivity index (χ2n) is 16.9. The molecule has 1 rings (SSSR count). The molecule has 7 atom stereocenters. The lowest BCUT2D eigenvalue weighted by Crippen LogP contribution is -2.60. The van der Waals surface area contributed by atoms with Crippen LogP contribution >= 0.6 is 0 Å². The number of ether oxygens (including phenoxy) is 2. The fourth-order valence-corrected chi connectivity index (χ4v) is 7.46. The molecule has 1 fully saturated rings. The van der Waals surface area contributed by atoms with Crippen LogP contribution in [0.4, 0.5) is 0 Å². The van der Waals surface area contributed by atoms with Crippen molar-refractivity contribution in [3.05, 3.63) is 48.6 Å². The molecule has 1 heterocycles. The van der Waals surface area contributed by atoms with Crippen molar-refractivity contribution < 1.29 is 39.8 Å². The van der Waals surface area contributed by atoms with Gasteiger partial charge >= 0.3 is 0 Å². The summed E-state index contributed by atoms with van der Waals surface area (Å²) in [4.78, 5) is 13.0. The Kier molecular flexibility index (Phi) is 37.6. The standard InChI is InChI=1S/C50H91NO8/c1-3-5-7-9-11-13-15-17-19-21-22-24-26-28-30-32-34-36-38-40-46(54)51-43(42-58-50-49(57)48(56)47(55)45(41-52)59-50)44(53)39-37-35-33-31-29-27-25-23-20-18-16-14-12-10-8-6-4-2/h11,13,15,17,29,31,37,39,43-45,47-50,52-53,55-57H,3-10,12,14,16,18-28,30,32-36,38,40-42H2,1-2H3,(H,51,54)/b13-11-,17-15-,31-29+,39-37+. The molecule has 1 aliphatic rings. The van der Waals surface area contributed by atoms with Crippen LogP contribution in [0.3, 0.4) is 0 Å². The Bertz CT molecular complexity index is 1060. The average Bonchev–Trinajstić information content (AvgIpc) is 3.23. The predicted octanol–water partition coefficient (Wildman–Crippen LogP) is 10.6. The molecular formula is C50H91NO8. The summed E-state index contributed by atoms with van der Waals surface area (Å²) in [7, 11) is 0. The van der Waals surface area contributed by atoms with Crippen molar-refractivity contribution in [2.45, 2.75) is 249 Å². The Morgan fingerprint density at radius 1 is 0.576 bits per heavy atom. The minimum Gasteiger partial charge on any atom is -0.394 e. The second kappa shape index (κ2) is 40.2. The third-order valence-electron chi connectivity index (χ3n) is 11.4. The number of aliphatic hydroxyl groups is 5. The van der Waals surface area contributed by atoms with E-state index < -0.39 is 49.5 Å². The number of unbranched alkanes of at least 4 members (excludes halogenated alkanes) is 25. The first kappa shape index (κ1) is 55.2. The molecular weight excluding hydrogens is 743 g/mol. The summed E-state index contributed by atoms with van der Waals surface area (Å²) >= 11 is 0. The number of allylic oxidation sites excluding steroid dienone is 7. The van der Waals surface area contributed by atoms with E-state index in [1.165, 1.54) is 141 Å². The zero-order valence-corrected chi connectivity index (χ0v) is 37.7. The summed E-state index contributed by atoms with van der Waals surface area (Å²) in [5.41, 5.74) is 0. The van der Waals surface area contributed by atoms with Gasteiger partial charge < -0.3 is 40.3 Å². The van der Waals surface area contributed by atoms with Crippen LogP contribution in [-0.4, -0.2) is 87.5 Å². The summed E-state index contributed by atoms with van der Waals surface area (Å²) in [6.07, 6.45) is 44.4. The van der Waals surface area contributed by atoms with Gasteiger partial charge in [-0.25, -0.2) is 0 Å². The summed E-state index contributed by atoms with van der Waals surface area (Å²) in [5, 5.41) is 54.2. The van der Waals surface area contributed by atoms with Crippen molar-refractivity contribution in [2.24, 2.45) is 0 Å². The lowest BCUT2D eigenvalue weighted by Gasteiger charge is -2.40. The highest BCUT2D eigenvalue weighted by Crippen LogP contribution is 2.22. The highest BCUT2D eigenvalue weighted by molar-refractivity contribution is 5.76. The summed E-state index contributed by atoms with van der Waals surface area (Å²) < 4.78 is 11.2. The molecule has 0 bridgehead atoms. The second-order valence-corrected chi connectivity index (χ2v) is 16.9. The lowest BCUT2D eigenvalue weighted by atomic mass is 9.99. The van der Waals surface area contributed by atoms with E-state index in [2.05, 4.69) is 55.6 Å². The maximum Gasteiger partial charge on any atom is 0.220 e. The van der Waals surface area contributed by atoms with E-state index in [-0.39, 0.29) is 12.5 Å². The quantitative estimate of drug-likeness (QED) is 0.0203. The van der Waals surface area contributed by atoms with Crippen LogP contribution in [-0.2, 0) is 14.3 Å². The summed E-state index contributed by atoms with van der Waals surface area (Å²) in [5.74, 6) is -0.192. The molecule has 59 heavy (non-hydrogen) atoms. The average molecular weight is 834 g/mol. The molecule has 1 saturated heterocycles. The molecule has 6 N–H and O–H groups in total. The summed E-state index contributed by atoms with van der Waals surface area (Å²) in [6.45, 7) is 3.73. The number of carbonyl (C=O) groups is 1. The number of hydrogen-bond acceptors (Lipinski definition) is 8. The van der Waals surface area contributed by atoms with Crippen LogP contribution in [0.5, 0.6) is 0 Å². The molecule has 1 aliphatic heterocycles. The fourth-order valence-electron chi connectivity index (χ4n) is 7.46. The van der Waals surface area contributed by atoms with Gasteiger partial charge in [-0.1, -0.05) is 191 Å². The minimum absolute atomic E-state index is 0.192. The van der Waals surface area contributed by atoms with Gasteiger partial charge in [-0.3, -0.25) is 4.79 Å². The van der Waals surface area contributed by atoms with Crippen LogP contribution in [0.2, 0.25) is 0 Å². The van der Waals surface area contributed by atoms with Crippen LogP contribution in [0.15, 0.2) is 48.6 Å². The maximum atomic E-state index is 13.0. The van der Waals surface area contributed by atoms with Crippen LogP contribution in [0.1, 0.15) is 206 Å². The molecule has 0 aliphatic carbocycles. The van der Waals surface area contributed by atoms with Gasteiger partial charge in [-0.05, 0) is 57.8 Å². The first-order valence-electron chi connectivity index (χ1n) is 24.4. The Labute approximate surface area is 361 Å². The van der Waals surface area contributed by atoms with Gasteiger partial charge in [0.25, 0.3) is 0 Å². The van der Waals surface area contributed by atoms with Gasteiger partial charge in [-0.15, -0.1) is 0 Å². The third-order valence-corrected chi connectivity index (χ3v) is 11.4. The van der Waals surface area contributed by atoms with E-state index in [1.54, 1.807) is 6.08 Å². The van der Waals surface area contributed by atoms with Crippen LogP contribution in [0.25, 0.3) is 0 Å². The zero-order valence-electron chi connectivity index (χ0n) is 37.7. The van der Waals surface area contributed by atoms with Gasteiger partial charge in [0, 0.05) is 6.42 Å². The molecule has 0 aromatic rings. The van der Waals surface area contributed by atoms with E-state index in [0.29, 0.717) is 6.42 Å². The number of nitrogens with one attached hydrogen (secondary N) is 1. The smallest absolute Gasteiger partial charge is 0.220 e. The van der Waals surface area contributed by atoms with Crippen molar-refractivity contribution in [2.75, 3.05) is 13.2 Å². The number of aliphatic hydroxyl groups excluding tert-OH is 5. The van der Waals surface area contributed by atoms with Gasteiger partial charge in [0.1, 0.15) is 24.4 Å². The molecule has 9 nitrogen and oxygen atoms in total. The van der Waals surface area contributed by atoms with Crippen LogP contribution < -0.4 is 5.32 Å². The van der Waals surface area contributed by atoms with Crippen molar-refractivity contribution in [1.82, 2.24) is 5.32 Å². The van der Waals surface area contributed by atoms with E-state index in [1.807, 2.05) is 6.08 Å². The molecule has 7 unspecified atom stereocenters. The number of rotatable bonds is 40. The fraction of sp³-hybridized carbons (Fsp3) is 0.820. The summed E-state index contributed by atoms with van der Waals surface area (Å²) in [6, 6.07) is -0.823. The molecule has 0 radical (unpaired) electrons. The Balaban J connectivity index is 2.35. The molecule has 9 heteroatoms. The topological polar surface area (TPSA) is 149 Å². The van der Waals surface area contributed by atoms with E-state index in [9.17, 15) is 30.3 Å². The number of hydrogen-bond donors (Lipinski definition) is 6. The maximum absolute atomic E-state index is 13.0. The Morgan fingerprint density at radius 2 is 1.02 bits per heavy atom. The normalized spacial score (nSPS) is 21.1.